The van der Waals surface area contributed by atoms with Gasteiger partial charge in [-0.1, -0.05) is 6.42 Å². The van der Waals surface area contributed by atoms with E-state index in [1.807, 2.05) is 7.05 Å². The van der Waals surface area contributed by atoms with Crippen molar-refractivity contribution in [3.8, 4) is 0 Å². The van der Waals surface area contributed by atoms with Gasteiger partial charge < -0.3 is 15.4 Å². The molecule has 1 saturated carbocycles. The molecule has 0 spiro atoms. The Bertz CT molecular complexity index is 197. The van der Waals surface area contributed by atoms with Crippen LogP contribution in [0.4, 0.5) is 0 Å². The molecule has 2 N–H and O–H groups in total. The van der Waals surface area contributed by atoms with Gasteiger partial charge in [0.15, 0.2) is 0 Å². The molecule has 0 aromatic heterocycles. The van der Waals surface area contributed by atoms with Crippen molar-refractivity contribution in [2.75, 3.05) is 27.3 Å². The van der Waals surface area contributed by atoms with Gasteiger partial charge in [0.25, 0.3) is 0 Å². The topological polar surface area (TPSA) is 55.6 Å². The highest BCUT2D eigenvalue weighted by Gasteiger charge is 2.31. The van der Waals surface area contributed by atoms with Crippen LogP contribution in [0.1, 0.15) is 19.3 Å². The summed E-state index contributed by atoms with van der Waals surface area (Å²) in [6.45, 7) is 1.24. The van der Waals surface area contributed by atoms with Gasteiger partial charge in [-0.05, 0) is 12.8 Å². The van der Waals surface area contributed by atoms with Crippen molar-refractivity contribution >= 4 is 5.91 Å². The van der Waals surface area contributed by atoms with Crippen LogP contribution in [0.15, 0.2) is 0 Å². The monoisotopic (exact) mass is 200 g/mol. The quantitative estimate of drug-likeness (QED) is 0.706. The lowest BCUT2D eigenvalue weighted by Gasteiger charge is -2.22. The van der Waals surface area contributed by atoms with Crippen molar-refractivity contribution < 1.29 is 9.53 Å². The number of methoxy groups -OCH3 is 1. The van der Waals surface area contributed by atoms with Gasteiger partial charge in [-0.3, -0.25) is 4.79 Å². The Labute approximate surface area is 85.4 Å². The molecule has 4 nitrogen and oxygen atoms in total. The number of likely N-dealkylation sites (N-methyl/N-ethyl adjacent to an activating group) is 1. The highest BCUT2D eigenvalue weighted by Crippen LogP contribution is 2.25. The third-order valence-electron chi connectivity index (χ3n) is 2.89. The van der Waals surface area contributed by atoms with Gasteiger partial charge in [0.05, 0.1) is 12.5 Å². The van der Waals surface area contributed by atoms with Gasteiger partial charge in [-0.15, -0.1) is 0 Å². The second kappa shape index (κ2) is 5.32. The van der Waals surface area contributed by atoms with Crippen LogP contribution in [0.2, 0.25) is 0 Å². The number of hydrogen-bond acceptors (Lipinski definition) is 3. The summed E-state index contributed by atoms with van der Waals surface area (Å²) in [7, 11) is 3.45. The predicted molar refractivity (Wildman–Crippen MR) is 54.8 cm³/mol. The zero-order chi connectivity index (χ0) is 10.6. The Kier molecular flexibility index (Phi) is 4.35. The van der Waals surface area contributed by atoms with Crippen molar-refractivity contribution in [2.45, 2.75) is 25.3 Å². The van der Waals surface area contributed by atoms with Gasteiger partial charge in [0.1, 0.15) is 0 Å². The minimum atomic E-state index is 0.0388. The van der Waals surface area contributed by atoms with Crippen molar-refractivity contribution in [3.63, 3.8) is 0 Å². The molecule has 0 saturated heterocycles. The molecule has 82 valence electrons. The molecule has 0 aromatic rings. The highest BCUT2D eigenvalue weighted by atomic mass is 16.5. The Morgan fingerprint density at radius 2 is 2.29 bits per heavy atom. The maximum atomic E-state index is 11.9. The molecule has 0 aromatic carbocycles. The van der Waals surface area contributed by atoms with Crippen LogP contribution in [0.3, 0.4) is 0 Å². The maximum Gasteiger partial charge on any atom is 0.227 e. The smallest absolute Gasteiger partial charge is 0.227 e. The fraction of sp³-hybridized carbons (Fsp3) is 0.900. The Morgan fingerprint density at radius 3 is 2.79 bits per heavy atom. The maximum absolute atomic E-state index is 11.9. The van der Waals surface area contributed by atoms with Crippen molar-refractivity contribution in [1.29, 1.82) is 0 Å². The zero-order valence-electron chi connectivity index (χ0n) is 9.03. The molecule has 4 heteroatoms. The van der Waals surface area contributed by atoms with E-state index in [9.17, 15) is 4.79 Å². The summed E-state index contributed by atoms with van der Waals surface area (Å²) in [5.41, 5.74) is 5.87. The van der Waals surface area contributed by atoms with Gasteiger partial charge in [0.2, 0.25) is 5.91 Å². The van der Waals surface area contributed by atoms with Crippen LogP contribution in [-0.2, 0) is 9.53 Å². The summed E-state index contributed by atoms with van der Waals surface area (Å²) < 4.78 is 4.93. The third kappa shape index (κ3) is 2.69. The number of nitrogens with zero attached hydrogens (tertiary/aromatic N) is 1. The molecule has 1 fully saturated rings. The Hall–Kier alpha value is -0.610. The lowest BCUT2D eigenvalue weighted by molar-refractivity contribution is -0.134. The van der Waals surface area contributed by atoms with E-state index in [2.05, 4.69) is 0 Å². The van der Waals surface area contributed by atoms with E-state index in [0.29, 0.717) is 13.2 Å². The number of amides is 1. The standard InChI is InChI=1S/C10H20N2O2/c1-12(6-7-14-2)10(13)8-4-3-5-9(8)11/h8-9H,3-7,11H2,1-2H3/t8-,9-/m1/s1. The molecule has 14 heavy (non-hydrogen) atoms. The predicted octanol–water partition coefficient (Wildman–Crippen LogP) is 0.219. The first kappa shape index (κ1) is 11.5. The third-order valence-corrected chi connectivity index (χ3v) is 2.89. The molecule has 0 unspecified atom stereocenters. The van der Waals surface area contributed by atoms with Crippen molar-refractivity contribution in [1.82, 2.24) is 4.90 Å². The Balaban J connectivity index is 2.39. The zero-order valence-corrected chi connectivity index (χ0v) is 9.03. The number of carbonyl (C=O) groups excluding carboxylic acids is 1. The second-order valence-corrected chi connectivity index (χ2v) is 3.95. The first-order valence-corrected chi connectivity index (χ1v) is 5.16. The van der Waals surface area contributed by atoms with Gasteiger partial charge >= 0.3 is 0 Å². The molecule has 1 aliphatic rings. The number of nitrogens with two attached hydrogens (primary N) is 1. The molecule has 2 atom stereocenters. The molecule has 1 amide bonds. The van der Waals surface area contributed by atoms with Gasteiger partial charge in [-0.25, -0.2) is 0 Å². The lowest BCUT2D eigenvalue weighted by atomic mass is 10.0. The normalized spacial score (nSPS) is 26.5. The van der Waals surface area contributed by atoms with Crippen LogP contribution in [0.5, 0.6) is 0 Å². The molecule has 0 aliphatic heterocycles. The molecule has 1 rings (SSSR count). The summed E-state index contributed by atoms with van der Waals surface area (Å²) in [5, 5.41) is 0. The van der Waals surface area contributed by atoms with E-state index in [1.54, 1.807) is 12.0 Å². The first-order valence-electron chi connectivity index (χ1n) is 5.16. The lowest BCUT2D eigenvalue weighted by Crippen LogP contribution is -2.40. The minimum Gasteiger partial charge on any atom is -0.383 e. The van der Waals surface area contributed by atoms with Crippen molar-refractivity contribution in [3.05, 3.63) is 0 Å². The first-order chi connectivity index (χ1) is 6.66. The number of carbonyl (C=O) groups is 1. The summed E-state index contributed by atoms with van der Waals surface area (Å²) in [6, 6.07) is 0.0625. The number of hydrogen-bond donors (Lipinski definition) is 1. The molecule has 0 radical (unpaired) electrons. The molecular formula is C10H20N2O2. The molecular weight excluding hydrogens is 180 g/mol. The van der Waals surface area contributed by atoms with Crippen molar-refractivity contribution in [2.24, 2.45) is 11.7 Å². The molecule has 1 aliphatic carbocycles. The van der Waals surface area contributed by atoms with E-state index in [-0.39, 0.29) is 17.9 Å². The van der Waals surface area contributed by atoms with Gasteiger partial charge in [-0.2, -0.15) is 0 Å². The number of ether oxygens (including phenoxy) is 1. The van der Waals surface area contributed by atoms with E-state index in [4.69, 9.17) is 10.5 Å². The molecule has 0 bridgehead atoms. The van der Waals surface area contributed by atoms with Crippen LogP contribution in [0, 0.1) is 5.92 Å². The van der Waals surface area contributed by atoms with E-state index < -0.39 is 0 Å². The summed E-state index contributed by atoms with van der Waals surface area (Å²) in [6.07, 6.45) is 3.00. The minimum absolute atomic E-state index is 0.0388. The fourth-order valence-electron chi connectivity index (χ4n) is 1.92. The SMILES string of the molecule is COCCN(C)C(=O)[C@@H]1CCC[C@H]1N. The highest BCUT2D eigenvalue weighted by molar-refractivity contribution is 5.79. The average molecular weight is 200 g/mol. The van der Waals surface area contributed by atoms with Crippen LogP contribution in [-0.4, -0.2) is 44.2 Å². The molecule has 0 heterocycles. The van der Waals surface area contributed by atoms with E-state index in [1.165, 1.54) is 0 Å². The largest absolute Gasteiger partial charge is 0.383 e. The average Bonchev–Trinajstić information content (AvgIpc) is 2.59. The summed E-state index contributed by atoms with van der Waals surface area (Å²) in [4.78, 5) is 13.6. The van der Waals surface area contributed by atoms with Crippen LogP contribution >= 0.6 is 0 Å². The van der Waals surface area contributed by atoms with E-state index >= 15 is 0 Å². The number of rotatable bonds is 4. The second-order valence-electron chi connectivity index (χ2n) is 3.95. The van der Waals surface area contributed by atoms with E-state index in [0.717, 1.165) is 19.3 Å². The fourth-order valence-corrected chi connectivity index (χ4v) is 1.92. The summed E-state index contributed by atoms with van der Waals surface area (Å²) >= 11 is 0. The van der Waals surface area contributed by atoms with Crippen LogP contribution in [0.25, 0.3) is 0 Å². The Morgan fingerprint density at radius 1 is 1.57 bits per heavy atom. The summed E-state index contributed by atoms with van der Waals surface area (Å²) in [5.74, 6) is 0.212. The van der Waals surface area contributed by atoms with Gasteiger partial charge in [0, 0.05) is 26.7 Å². The van der Waals surface area contributed by atoms with Crippen LogP contribution < -0.4 is 5.73 Å².